The van der Waals surface area contributed by atoms with E-state index in [1.54, 1.807) is 15.9 Å². The number of hydrogen-bond acceptors (Lipinski definition) is 3. The first-order valence-electron chi connectivity index (χ1n) is 9.28. The van der Waals surface area contributed by atoms with Crippen molar-refractivity contribution in [1.29, 1.82) is 0 Å². The van der Waals surface area contributed by atoms with E-state index in [1.807, 2.05) is 75.4 Å². The maximum Gasteiger partial charge on any atom is 0.258 e. The first-order valence-corrected chi connectivity index (χ1v) is 9.28. The fourth-order valence-electron chi connectivity index (χ4n) is 3.65. The van der Waals surface area contributed by atoms with Gasteiger partial charge in [0.2, 0.25) is 5.91 Å². The quantitative estimate of drug-likeness (QED) is 0.686. The SMILES string of the molecule is Cc1ccc([C@@H]2C(=O)N(c3cccc(C)c3C)CC(=O)N2c2ccccc2)o1. The van der Waals surface area contributed by atoms with E-state index in [9.17, 15) is 9.59 Å². The Morgan fingerprint density at radius 3 is 2.32 bits per heavy atom. The lowest BCUT2D eigenvalue weighted by Crippen LogP contribution is -2.56. The minimum atomic E-state index is -0.836. The average molecular weight is 374 g/mol. The molecule has 0 spiro atoms. The third-order valence-electron chi connectivity index (χ3n) is 5.25. The monoisotopic (exact) mass is 374 g/mol. The van der Waals surface area contributed by atoms with Gasteiger partial charge in [0.25, 0.3) is 5.91 Å². The molecule has 28 heavy (non-hydrogen) atoms. The Morgan fingerprint density at radius 1 is 0.893 bits per heavy atom. The molecule has 0 N–H and O–H groups in total. The molecule has 1 atom stereocenters. The molecule has 1 aromatic heterocycles. The molecular weight excluding hydrogens is 352 g/mol. The minimum Gasteiger partial charge on any atom is -0.464 e. The van der Waals surface area contributed by atoms with Gasteiger partial charge in [0, 0.05) is 11.4 Å². The molecule has 0 aliphatic carbocycles. The molecule has 1 fully saturated rings. The molecule has 2 amide bonds. The molecule has 142 valence electrons. The number of para-hydroxylation sites is 1. The molecular formula is C23H22N2O3. The van der Waals surface area contributed by atoms with Gasteiger partial charge in [-0.15, -0.1) is 0 Å². The van der Waals surface area contributed by atoms with Crippen LogP contribution in [0.5, 0.6) is 0 Å². The van der Waals surface area contributed by atoms with Gasteiger partial charge in [0.1, 0.15) is 18.1 Å². The zero-order chi connectivity index (χ0) is 19.8. The number of rotatable bonds is 3. The van der Waals surface area contributed by atoms with Crippen LogP contribution in [0.4, 0.5) is 11.4 Å². The average Bonchev–Trinajstić information content (AvgIpc) is 3.12. The number of anilines is 2. The standard InChI is InChI=1S/C23H22N2O3/c1-15-8-7-11-19(17(15)3)24-14-21(26)25(18-9-5-4-6-10-18)22(23(24)27)20-13-12-16(2)28-20/h4-13,22H,14H2,1-3H3/t22-/m1/s1. The molecule has 2 heterocycles. The van der Waals surface area contributed by atoms with Crippen molar-refractivity contribution in [3.8, 4) is 0 Å². The van der Waals surface area contributed by atoms with E-state index < -0.39 is 6.04 Å². The summed E-state index contributed by atoms with van der Waals surface area (Å²) >= 11 is 0. The fraction of sp³-hybridized carbons (Fsp3) is 0.217. The molecule has 5 heteroatoms. The van der Waals surface area contributed by atoms with Gasteiger partial charge in [0.15, 0.2) is 6.04 Å². The summed E-state index contributed by atoms with van der Waals surface area (Å²) in [5.74, 6) is 0.846. The summed E-state index contributed by atoms with van der Waals surface area (Å²) in [4.78, 5) is 29.9. The summed E-state index contributed by atoms with van der Waals surface area (Å²) in [7, 11) is 0. The van der Waals surface area contributed by atoms with Gasteiger partial charge in [-0.3, -0.25) is 14.5 Å². The highest BCUT2D eigenvalue weighted by Gasteiger charge is 2.43. The van der Waals surface area contributed by atoms with Crippen molar-refractivity contribution in [2.75, 3.05) is 16.3 Å². The molecule has 4 rings (SSSR count). The fourth-order valence-corrected chi connectivity index (χ4v) is 3.65. The van der Waals surface area contributed by atoms with Crippen LogP contribution in [0.1, 0.15) is 28.7 Å². The summed E-state index contributed by atoms with van der Waals surface area (Å²) in [5.41, 5.74) is 3.51. The second-order valence-corrected chi connectivity index (χ2v) is 7.09. The molecule has 0 bridgehead atoms. The van der Waals surface area contributed by atoms with E-state index in [2.05, 4.69) is 0 Å². The number of aryl methyl sites for hydroxylation is 2. The molecule has 3 aromatic rings. The van der Waals surface area contributed by atoms with E-state index in [4.69, 9.17) is 4.42 Å². The van der Waals surface area contributed by atoms with E-state index >= 15 is 0 Å². The summed E-state index contributed by atoms with van der Waals surface area (Å²) < 4.78 is 5.79. The molecule has 1 saturated heterocycles. The van der Waals surface area contributed by atoms with Crippen LogP contribution >= 0.6 is 0 Å². The van der Waals surface area contributed by atoms with E-state index in [1.165, 1.54) is 0 Å². The molecule has 5 nitrogen and oxygen atoms in total. The van der Waals surface area contributed by atoms with E-state index in [0.29, 0.717) is 17.2 Å². The molecule has 0 saturated carbocycles. The molecule has 1 aliphatic heterocycles. The van der Waals surface area contributed by atoms with Gasteiger partial charge >= 0.3 is 0 Å². The van der Waals surface area contributed by atoms with Crippen molar-refractivity contribution in [1.82, 2.24) is 0 Å². The third kappa shape index (κ3) is 2.99. The number of piperazine rings is 1. The van der Waals surface area contributed by atoms with Crippen LogP contribution in [-0.4, -0.2) is 18.4 Å². The summed E-state index contributed by atoms with van der Waals surface area (Å²) in [6.45, 7) is 5.79. The van der Waals surface area contributed by atoms with Crippen LogP contribution in [0.15, 0.2) is 65.1 Å². The zero-order valence-electron chi connectivity index (χ0n) is 16.2. The van der Waals surface area contributed by atoms with Gasteiger partial charge < -0.3 is 9.32 Å². The van der Waals surface area contributed by atoms with Gasteiger partial charge in [-0.1, -0.05) is 30.3 Å². The van der Waals surface area contributed by atoms with Crippen LogP contribution in [0.3, 0.4) is 0 Å². The number of hydrogen-bond donors (Lipinski definition) is 0. The van der Waals surface area contributed by atoms with Gasteiger partial charge in [0.05, 0.1) is 0 Å². The Morgan fingerprint density at radius 2 is 1.64 bits per heavy atom. The Balaban J connectivity index is 1.83. The van der Waals surface area contributed by atoms with Crippen molar-refractivity contribution >= 4 is 23.2 Å². The Labute approximate surface area is 164 Å². The van der Waals surface area contributed by atoms with Crippen molar-refractivity contribution in [2.45, 2.75) is 26.8 Å². The van der Waals surface area contributed by atoms with Crippen LogP contribution in [0.25, 0.3) is 0 Å². The molecule has 0 unspecified atom stereocenters. The molecule has 2 aromatic carbocycles. The lowest BCUT2D eigenvalue weighted by molar-refractivity contribution is -0.129. The number of carbonyl (C=O) groups excluding carboxylic acids is 2. The van der Waals surface area contributed by atoms with Crippen LogP contribution in [0.2, 0.25) is 0 Å². The highest BCUT2D eigenvalue weighted by atomic mass is 16.3. The van der Waals surface area contributed by atoms with Crippen molar-refractivity contribution in [3.05, 3.63) is 83.3 Å². The smallest absolute Gasteiger partial charge is 0.258 e. The van der Waals surface area contributed by atoms with Gasteiger partial charge in [-0.25, -0.2) is 0 Å². The maximum absolute atomic E-state index is 13.6. The molecule has 0 radical (unpaired) electrons. The lowest BCUT2D eigenvalue weighted by Gasteiger charge is -2.39. The predicted molar refractivity (Wildman–Crippen MR) is 108 cm³/mol. The summed E-state index contributed by atoms with van der Waals surface area (Å²) in [6.07, 6.45) is 0. The Bertz CT molecular complexity index is 1040. The minimum absolute atomic E-state index is 0.00574. The second-order valence-electron chi connectivity index (χ2n) is 7.09. The lowest BCUT2D eigenvalue weighted by atomic mass is 10.0. The number of amides is 2. The molecule has 1 aliphatic rings. The number of carbonyl (C=O) groups is 2. The van der Waals surface area contributed by atoms with Crippen molar-refractivity contribution < 1.29 is 14.0 Å². The van der Waals surface area contributed by atoms with Gasteiger partial charge in [-0.2, -0.15) is 0 Å². The topological polar surface area (TPSA) is 53.8 Å². The predicted octanol–water partition coefficient (Wildman–Crippen LogP) is 4.33. The summed E-state index contributed by atoms with van der Waals surface area (Å²) in [6, 6.07) is 17.8. The Kier molecular flexibility index (Phi) is 4.51. The van der Waals surface area contributed by atoms with E-state index in [-0.39, 0.29) is 18.4 Å². The van der Waals surface area contributed by atoms with Crippen molar-refractivity contribution in [2.24, 2.45) is 0 Å². The summed E-state index contributed by atoms with van der Waals surface area (Å²) in [5, 5.41) is 0. The number of furan rings is 1. The van der Waals surface area contributed by atoms with Gasteiger partial charge in [-0.05, 0) is 62.2 Å². The normalized spacial score (nSPS) is 17.3. The van der Waals surface area contributed by atoms with Crippen molar-refractivity contribution in [3.63, 3.8) is 0 Å². The van der Waals surface area contributed by atoms with Crippen LogP contribution < -0.4 is 9.80 Å². The van der Waals surface area contributed by atoms with Crippen LogP contribution in [-0.2, 0) is 9.59 Å². The maximum atomic E-state index is 13.6. The zero-order valence-corrected chi connectivity index (χ0v) is 16.2. The number of nitrogens with zero attached hydrogens (tertiary/aromatic N) is 2. The second kappa shape index (κ2) is 7.00. The third-order valence-corrected chi connectivity index (χ3v) is 5.25. The first-order chi connectivity index (χ1) is 13.5. The van der Waals surface area contributed by atoms with E-state index in [0.717, 1.165) is 16.8 Å². The highest BCUT2D eigenvalue weighted by Crippen LogP contribution is 2.36. The Hall–Kier alpha value is -3.34. The number of benzene rings is 2. The highest BCUT2D eigenvalue weighted by molar-refractivity contribution is 6.14. The largest absolute Gasteiger partial charge is 0.464 e. The first kappa shape index (κ1) is 18.0. The van der Waals surface area contributed by atoms with Crippen LogP contribution in [0, 0.1) is 20.8 Å².